The Morgan fingerprint density at radius 2 is 2.36 bits per heavy atom. The largest absolute Gasteiger partial charge is 0.365 e. The number of pyridine rings is 1. The van der Waals surface area contributed by atoms with E-state index in [1.165, 1.54) is 15.3 Å². The van der Waals surface area contributed by atoms with E-state index < -0.39 is 0 Å². The number of aromatic nitrogens is 6. The number of likely N-dealkylation sites (N-methyl/N-ethyl adjacent to an activating group) is 1. The molecule has 25 heavy (non-hydrogen) atoms. The van der Waals surface area contributed by atoms with Crippen LogP contribution >= 0.6 is 11.3 Å². The van der Waals surface area contributed by atoms with Gasteiger partial charge in [-0.3, -0.25) is 4.98 Å². The standard InChI is InChI=1S/C16H16N8S/c1-23-6-4-11-12(9-23)25-15-13(11)14(19-16-20-21-22-24(15)16)18-8-10-3-2-5-17-7-10/h2-3,5,7H,4,6,8-9H2,1H3,(H,18,19,20,22)/p+1. The van der Waals surface area contributed by atoms with Crippen LogP contribution in [0.25, 0.3) is 16.0 Å². The van der Waals surface area contributed by atoms with Crippen LogP contribution < -0.4 is 10.2 Å². The molecule has 0 saturated heterocycles. The zero-order valence-corrected chi connectivity index (χ0v) is 14.5. The molecule has 0 radical (unpaired) electrons. The number of quaternary nitrogens is 1. The van der Waals surface area contributed by atoms with E-state index in [2.05, 4.69) is 43.9 Å². The fourth-order valence-electron chi connectivity index (χ4n) is 3.36. The summed E-state index contributed by atoms with van der Waals surface area (Å²) in [5.41, 5.74) is 2.51. The summed E-state index contributed by atoms with van der Waals surface area (Å²) in [5, 5.41) is 16.6. The second kappa shape index (κ2) is 5.71. The summed E-state index contributed by atoms with van der Waals surface area (Å²) in [6, 6.07) is 3.99. The van der Waals surface area contributed by atoms with Crippen molar-refractivity contribution in [2.45, 2.75) is 19.5 Å². The number of nitrogens with zero attached hydrogens (tertiary/aromatic N) is 6. The Morgan fingerprint density at radius 3 is 3.24 bits per heavy atom. The van der Waals surface area contributed by atoms with Crippen LogP contribution in [0.2, 0.25) is 0 Å². The summed E-state index contributed by atoms with van der Waals surface area (Å²) in [6.45, 7) is 2.85. The van der Waals surface area contributed by atoms with Gasteiger partial charge in [-0.25, -0.2) is 0 Å². The van der Waals surface area contributed by atoms with Crippen LogP contribution in [0.1, 0.15) is 16.0 Å². The summed E-state index contributed by atoms with van der Waals surface area (Å²) >= 11 is 1.78. The van der Waals surface area contributed by atoms with Crippen LogP contribution in [0.4, 0.5) is 5.82 Å². The molecule has 5 rings (SSSR count). The van der Waals surface area contributed by atoms with Gasteiger partial charge in [0.25, 0.3) is 5.78 Å². The van der Waals surface area contributed by atoms with E-state index in [0.29, 0.717) is 12.3 Å². The van der Waals surface area contributed by atoms with Crippen LogP contribution in [0.3, 0.4) is 0 Å². The summed E-state index contributed by atoms with van der Waals surface area (Å²) in [7, 11) is 2.24. The van der Waals surface area contributed by atoms with E-state index in [-0.39, 0.29) is 0 Å². The van der Waals surface area contributed by atoms with Gasteiger partial charge in [0.05, 0.1) is 23.9 Å². The maximum atomic E-state index is 4.67. The minimum atomic E-state index is 0.528. The lowest BCUT2D eigenvalue weighted by molar-refractivity contribution is -0.895. The van der Waals surface area contributed by atoms with E-state index in [1.807, 2.05) is 12.3 Å². The second-order valence-corrected chi connectivity index (χ2v) is 7.47. The van der Waals surface area contributed by atoms with E-state index >= 15 is 0 Å². The molecule has 0 amide bonds. The van der Waals surface area contributed by atoms with Gasteiger partial charge in [-0.15, -0.1) is 11.3 Å². The van der Waals surface area contributed by atoms with Crippen molar-refractivity contribution >= 4 is 33.1 Å². The third-order valence-corrected chi connectivity index (χ3v) is 5.82. The predicted octanol–water partition coefficient (Wildman–Crippen LogP) is 0.312. The molecule has 126 valence electrons. The molecular weight excluding hydrogens is 336 g/mol. The normalized spacial score (nSPS) is 17.1. The molecule has 0 saturated carbocycles. The Morgan fingerprint density at radius 1 is 1.40 bits per heavy atom. The molecule has 0 aromatic carbocycles. The predicted molar refractivity (Wildman–Crippen MR) is 94.7 cm³/mol. The van der Waals surface area contributed by atoms with Crippen molar-refractivity contribution in [1.29, 1.82) is 0 Å². The Balaban J connectivity index is 1.65. The number of anilines is 1. The zero-order valence-electron chi connectivity index (χ0n) is 13.7. The molecule has 0 fully saturated rings. The molecule has 0 spiro atoms. The number of fused-ring (bicyclic) bond motifs is 5. The van der Waals surface area contributed by atoms with E-state index in [0.717, 1.165) is 41.1 Å². The van der Waals surface area contributed by atoms with Crippen molar-refractivity contribution in [3.63, 3.8) is 0 Å². The molecule has 8 nitrogen and oxygen atoms in total. The summed E-state index contributed by atoms with van der Waals surface area (Å²) in [4.78, 5) is 12.9. The zero-order chi connectivity index (χ0) is 16.8. The first-order valence-corrected chi connectivity index (χ1v) is 9.07. The number of thiophene rings is 1. The average Bonchev–Trinajstić information content (AvgIpc) is 3.24. The highest BCUT2D eigenvalue weighted by molar-refractivity contribution is 7.19. The second-order valence-electron chi connectivity index (χ2n) is 6.38. The fourth-order valence-corrected chi connectivity index (χ4v) is 4.76. The fraction of sp³-hybridized carbons (Fsp3) is 0.312. The van der Waals surface area contributed by atoms with E-state index in [1.54, 1.807) is 22.0 Å². The lowest BCUT2D eigenvalue weighted by atomic mass is 10.1. The van der Waals surface area contributed by atoms with Gasteiger partial charge in [-0.2, -0.15) is 9.50 Å². The van der Waals surface area contributed by atoms with Gasteiger partial charge in [0.1, 0.15) is 17.2 Å². The Labute approximate surface area is 147 Å². The van der Waals surface area contributed by atoms with Crippen molar-refractivity contribution in [3.8, 4) is 0 Å². The first-order valence-electron chi connectivity index (χ1n) is 8.26. The minimum absolute atomic E-state index is 0.528. The van der Waals surface area contributed by atoms with Crippen LogP contribution in [-0.2, 0) is 19.5 Å². The Bertz CT molecular complexity index is 1050. The third-order valence-electron chi connectivity index (χ3n) is 4.61. The summed E-state index contributed by atoms with van der Waals surface area (Å²) in [5.74, 6) is 1.39. The molecule has 1 aliphatic heterocycles. The van der Waals surface area contributed by atoms with Crippen molar-refractivity contribution < 1.29 is 4.90 Å². The minimum Gasteiger partial charge on any atom is -0.365 e. The van der Waals surface area contributed by atoms with Crippen LogP contribution in [-0.4, -0.2) is 43.6 Å². The number of tetrazole rings is 1. The monoisotopic (exact) mass is 353 g/mol. The van der Waals surface area contributed by atoms with Crippen molar-refractivity contribution in [1.82, 2.24) is 30.0 Å². The highest BCUT2D eigenvalue weighted by atomic mass is 32.1. The molecule has 4 aromatic rings. The quantitative estimate of drug-likeness (QED) is 0.551. The molecule has 1 aliphatic rings. The molecule has 9 heteroatoms. The number of hydrogen-bond acceptors (Lipinski definition) is 7. The van der Waals surface area contributed by atoms with Gasteiger partial charge in [-0.1, -0.05) is 11.2 Å². The molecule has 1 unspecified atom stereocenters. The van der Waals surface area contributed by atoms with E-state index in [9.17, 15) is 0 Å². The molecular formula is C16H17N8S+. The van der Waals surface area contributed by atoms with E-state index in [4.69, 9.17) is 0 Å². The van der Waals surface area contributed by atoms with Crippen LogP contribution in [0.5, 0.6) is 0 Å². The molecule has 5 heterocycles. The Kier molecular flexibility index (Phi) is 3.35. The van der Waals surface area contributed by atoms with Crippen LogP contribution in [0, 0.1) is 0 Å². The Hall–Kier alpha value is -2.65. The summed E-state index contributed by atoms with van der Waals surface area (Å²) in [6.07, 6.45) is 4.70. The number of nitrogens with one attached hydrogen (secondary N) is 2. The van der Waals surface area contributed by atoms with Gasteiger partial charge in [0, 0.05) is 25.4 Å². The average molecular weight is 353 g/mol. The first-order chi connectivity index (χ1) is 12.3. The lowest BCUT2D eigenvalue weighted by Crippen LogP contribution is -3.08. The lowest BCUT2D eigenvalue weighted by Gasteiger charge is -2.19. The van der Waals surface area contributed by atoms with Crippen molar-refractivity contribution in [3.05, 3.63) is 40.5 Å². The van der Waals surface area contributed by atoms with Crippen LogP contribution in [0.15, 0.2) is 24.5 Å². The van der Waals surface area contributed by atoms with Crippen molar-refractivity contribution in [2.24, 2.45) is 0 Å². The third kappa shape index (κ3) is 2.43. The molecule has 1 atom stereocenters. The molecule has 0 aliphatic carbocycles. The van der Waals surface area contributed by atoms with Gasteiger partial charge in [-0.05, 0) is 27.6 Å². The van der Waals surface area contributed by atoms with Gasteiger partial charge < -0.3 is 10.2 Å². The maximum Gasteiger partial charge on any atom is 0.276 e. The molecule has 2 N–H and O–H groups in total. The number of hydrogen-bond donors (Lipinski definition) is 2. The molecule has 0 bridgehead atoms. The first kappa shape index (κ1) is 14.7. The SMILES string of the molecule is C[NH+]1CCc2c(sc3c2c(NCc2cccnc2)nc2nnnn23)C1. The van der Waals surface area contributed by atoms with Crippen molar-refractivity contribution in [2.75, 3.05) is 18.9 Å². The summed E-state index contributed by atoms with van der Waals surface area (Å²) < 4.78 is 1.75. The smallest absolute Gasteiger partial charge is 0.276 e. The maximum absolute atomic E-state index is 4.67. The topological polar surface area (TPSA) is 85.3 Å². The van der Waals surface area contributed by atoms with Gasteiger partial charge in [0.15, 0.2) is 0 Å². The molecule has 4 aromatic heterocycles. The highest BCUT2D eigenvalue weighted by Crippen LogP contribution is 2.36. The van der Waals surface area contributed by atoms with Gasteiger partial charge >= 0.3 is 0 Å². The van der Waals surface area contributed by atoms with Gasteiger partial charge in [0.2, 0.25) is 0 Å². The highest BCUT2D eigenvalue weighted by Gasteiger charge is 2.26. The number of rotatable bonds is 3.